The van der Waals surface area contributed by atoms with Gasteiger partial charge < -0.3 is 20.1 Å². The minimum Gasteiger partial charge on any atom is -0.494 e. The van der Waals surface area contributed by atoms with Crippen molar-refractivity contribution in [3.05, 3.63) is 65.7 Å². The van der Waals surface area contributed by atoms with Crippen molar-refractivity contribution in [2.24, 2.45) is 4.99 Å². The van der Waals surface area contributed by atoms with E-state index in [4.69, 9.17) is 9.47 Å². The molecule has 1 heterocycles. The van der Waals surface area contributed by atoms with Crippen molar-refractivity contribution < 1.29 is 9.47 Å². The lowest BCUT2D eigenvalue weighted by atomic mass is 9.74. The summed E-state index contributed by atoms with van der Waals surface area (Å²) in [7, 11) is 1.82. The molecular formula is C24H33N3O2. The van der Waals surface area contributed by atoms with E-state index < -0.39 is 0 Å². The van der Waals surface area contributed by atoms with Crippen LogP contribution in [0.3, 0.4) is 0 Å². The molecule has 5 nitrogen and oxygen atoms in total. The van der Waals surface area contributed by atoms with Crippen molar-refractivity contribution in [3.8, 4) is 5.75 Å². The molecule has 0 aromatic heterocycles. The SMILES string of the molecule is CCOc1ccc(C2(CNC(=NC)NCCc3ccccc3)CCOCC2)cc1. The van der Waals surface area contributed by atoms with Crippen LogP contribution in [0.15, 0.2) is 59.6 Å². The molecule has 0 bridgehead atoms. The Morgan fingerprint density at radius 3 is 2.41 bits per heavy atom. The number of guanidine groups is 1. The minimum atomic E-state index is 0.0417. The van der Waals surface area contributed by atoms with Gasteiger partial charge >= 0.3 is 0 Å². The molecular weight excluding hydrogens is 362 g/mol. The molecule has 1 fully saturated rings. The molecule has 5 heteroatoms. The van der Waals surface area contributed by atoms with Crippen LogP contribution in [-0.4, -0.2) is 45.9 Å². The van der Waals surface area contributed by atoms with Gasteiger partial charge in [-0.05, 0) is 49.4 Å². The first-order valence-electron chi connectivity index (χ1n) is 10.6. The van der Waals surface area contributed by atoms with Gasteiger partial charge in [-0.1, -0.05) is 42.5 Å². The summed E-state index contributed by atoms with van der Waals surface area (Å²) in [6.45, 7) is 5.95. The number of nitrogens with zero attached hydrogens (tertiary/aromatic N) is 1. The maximum absolute atomic E-state index is 5.66. The molecule has 3 rings (SSSR count). The smallest absolute Gasteiger partial charge is 0.191 e. The van der Waals surface area contributed by atoms with Crippen LogP contribution in [0.1, 0.15) is 30.9 Å². The zero-order chi connectivity index (χ0) is 20.4. The van der Waals surface area contributed by atoms with Crippen LogP contribution in [0, 0.1) is 0 Å². The molecule has 156 valence electrons. The van der Waals surface area contributed by atoms with Gasteiger partial charge in [-0.15, -0.1) is 0 Å². The van der Waals surface area contributed by atoms with E-state index in [0.29, 0.717) is 6.61 Å². The molecule has 1 aliphatic rings. The zero-order valence-electron chi connectivity index (χ0n) is 17.6. The minimum absolute atomic E-state index is 0.0417. The van der Waals surface area contributed by atoms with Crippen molar-refractivity contribution in [3.63, 3.8) is 0 Å². The molecule has 0 aliphatic carbocycles. The average molecular weight is 396 g/mol. The van der Waals surface area contributed by atoms with Gasteiger partial charge in [-0.2, -0.15) is 0 Å². The molecule has 0 radical (unpaired) electrons. The molecule has 2 aromatic rings. The molecule has 0 unspecified atom stereocenters. The summed E-state index contributed by atoms with van der Waals surface area (Å²) >= 11 is 0. The van der Waals surface area contributed by atoms with E-state index >= 15 is 0 Å². The molecule has 2 aromatic carbocycles. The predicted octanol–water partition coefficient (Wildman–Crippen LogP) is 3.54. The molecule has 29 heavy (non-hydrogen) atoms. The standard InChI is InChI=1S/C24H33N3O2/c1-3-29-22-11-9-21(10-12-22)24(14-17-28-18-15-24)19-27-23(25-2)26-16-13-20-7-5-4-6-8-20/h4-12H,3,13-19H2,1-2H3,(H2,25,26,27). The number of rotatable bonds is 8. The maximum Gasteiger partial charge on any atom is 0.191 e. The third-order valence-corrected chi connectivity index (χ3v) is 5.59. The van der Waals surface area contributed by atoms with Gasteiger partial charge in [-0.3, -0.25) is 4.99 Å². The molecule has 2 N–H and O–H groups in total. The summed E-state index contributed by atoms with van der Waals surface area (Å²) in [5, 5.41) is 7.00. The number of nitrogens with one attached hydrogen (secondary N) is 2. The topological polar surface area (TPSA) is 54.9 Å². The zero-order valence-corrected chi connectivity index (χ0v) is 17.6. The lowest BCUT2D eigenvalue weighted by Gasteiger charge is -2.38. The van der Waals surface area contributed by atoms with Crippen LogP contribution in [0.2, 0.25) is 0 Å². The van der Waals surface area contributed by atoms with Crippen LogP contribution in [0.4, 0.5) is 0 Å². The van der Waals surface area contributed by atoms with E-state index in [1.807, 2.05) is 20.0 Å². The normalized spacial score (nSPS) is 16.3. The Morgan fingerprint density at radius 1 is 1.03 bits per heavy atom. The van der Waals surface area contributed by atoms with E-state index in [0.717, 1.165) is 57.3 Å². The van der Waals surface area contributed by atoms with Crippen molar-refractivity contribution in [2.75, 3.05) is 40.0 Å². The van der Waals surface area contributed by atoms with Crippen LogP contribution in [-0.2, 0) is 16.6 Å². The summed E-state index contributed by atoms with van der Waals surface area (Å²) in [6, 6.07) is 19.1. The summed E-state index contributed by atoms with van der Waals surface area (Å²) in [6.07, 6.45) is 2.96. The summed E-state index contributed by atoms with van der Waals surface area (Å²) in [5.74, 6) is 1.77. The highest BCUT2D eigenvalue weighted by Crippen LogP contribution is 2.35. The first kappa shape index (κ1) is 21.2. The van der Waals surface area contributed by atoms with Gasteiger partial charge in [0.1, 0.15) is 5.75 Å². The fourth-order valence-corrected chi connectivity index (χ4v) is 3.84. The molecule has 1 saturated heterocycles. The summed E-state index contributed by atoms with van der Waals surface area (Å²) < 4.78 is 11.3. The largest absolute Gasteiger partial charge is 0.494 e. The quantitative estimate of drug-likeness (QED) is 0.530. The molecule has 0 saturated carbocycles. The van der Waals surface area contributed by atoms with E-state index in [2.05, 4.69) is 64.2 Å². The lowest BCUT2D eigenvalue weighted by molar-refractivity contribution is 0.0513. The molecule has 0 spiro atoms. The van der Waals surface area contributed by atoms with Gasteiger partial charge in [-0.25, -0.2) is 0 Å². The van der Waals surface area contributed by atoms with Crippen LogP contribution < -0.4 is 15.4 Å². The highest BCUT2D eigenvalue weighted by Gasteiger charge is 2.34. The number of hydrogen-bond acceptors (Lipinski definition) is 3. The molecule has 0 atom stereocenters. The third-order valence-electron chi connectivity index (χ3n) is 5.59. The number of aliphatic imine (C=N–C) groups is 1. The summed E-state index contributed by atoms with van der Waals surface area (Å²) in [4.78, 5) is 4.41. The Labute approximate surface area is 174 Å². The Morgan fingerprint density at radius 2 is 1.76 bits per heavy atom. The van der Waals surface area contributed by atoms with Crippen LogP contribution in [0.25, 0.3) is 0 Å². The van der Waals surface area contributed by atoms with Crippen LogP contribution >= 0.6 is 0 Å². The fourth-order valence-electron chi connectivity index (χ4n) is 3.84. The third kappa shape index (κ3) is 5.97. The first-order chi connectivity index (χ1) is 14.3. The fraction of sp³-hybridized carbons (Fsp3) is 0.458. The molecule has 0 amide bonds. The van der Waals surface area contributed by atoms with Gasteiger partial charge in [0.05, 0.1) is 6.61 Å². The van der Waals surface area contributed by atoms with E-state index in [9.17, 15) is 0 Å². The number of benzene rings is 2. The first-order valence-corrected chi connectivity index (χ1v) is 10.6. The Hall–Kier alpha value is -2.53. The number of hydrogen-bond donors (Lipinski definition) is 2. The van der Waals surface area contributed by atoms with E-state index in [1.54, 1.807) is 0 Å². The predicted molar refractivity (Wildman–Crippen MR) is 119 cm³/mol. The van der Waals surface area contributed by atoms with Gasteiger partial charge in [0.25, 0.3) is 0 Å². The highest BCUT2D eigenvalue weighted by atomic mass is 16.5. The maximum atomic E-state index is 5.66. The Bertz CT molecular complexity index is 753. The van der Waals surface area contributed by atoms with Gasteiger partial charge in [0.2, 0.25) is 0 Å². The van der Waals surface area contributed by atoms with E-state index in [1.165, 1.54) is 11.1 Å². The van der Waals surface area contributed by atoms with Gasteiger partial charge in [0.15, 0.2) is 5.96 Å². The lowest BCUT2D eigenvalue weighted by Crippen LogP contribution is -2.48. The second-order valence-electron chi connectivity index (χ2n) is 7.44. The van der Waals surface area contributed by atoms with Crippen molar-refractivity contribution >= 4 is 5.96 Å². The van der Waals surface area contributed by atoms with Crippen LogP contribution in [0.5, 0.6) is 5.75 Å². The second-order valence-corrected chi connectivity index (χ2v) is 7.44. The Balaban J connectivity index is 1.60. The van der Waals surface area contributed by atoms with E-state index in [-0.39, 0.29) is 5.41 Å². The van der Waals surface area contributed by atoms with Crippen molar-refractivity contribution in [1.29, 1.82) is 0 Å². The second kappa shape index (κ2) is 10.9. The summed E-state index contributed by atoms with van der Waals surface area (Å²) in [5.41, 5.74) is 2.70. The highest BCUT2D eigenvalue weighted by molar-refractivity contribution is 5.79. The number of ether oxygens (including phenoxy) is 2. The van der Waals surface area contributed by atoms with Crippen molar-refractivity contribution in [1.82, 2.24) is 10.6 Å². The molecule has 1 aliphatic heterocycles. The monoisotopic (exact) mass is 395 g/mol. The van der Waals surface area contributed by atoms with Gasteiger partial charge in [0, 0.05) is 38.8 Å². The average Bonchev–Trinajstić information content (AvgIpc) is 2.78. The van der Waals surface area contributed by atoms with Crippen molar-refractivity contribution in [2.45, 2.75) is 31.6 Å². The Kier molecular flexibility index (Phi) is 7.94.